The lowest BCUT2D eigenvalue weighted by atomic mass is 10.1. The Hall–Kier alpha value is -1.84. The number of nitrogens with zero attached hydrogens (tertiary/aromatic N) is 1. The molecule has 0 radical (unpaired) electrons. The Balaban J connectivity index is 2.49. The highest BCUT2D eigenvalue weighted by atomic mass is 19.1. The molecule has 15 heavy (non-hydrogen) atoms. The van der Waals surface area contributed by atoms with Crippen LogP contribution in [-0.4, -0.2) is 17.2 Å². The number of anilines is 1. The van der Waals surface area contributed by atoms with Crippen molar-refractivity contribution in [3.05, 3.63) is 35.8 Å². The number of aromatic nitrogens is 2. The number of hydrogen-bond donors (Lipinski definition) is 2. The van der Waals surface area contributed by atoms with Gasteiger partial charge in [-0.3, -0.25) is 5.10 Å². The molecule has 0 aliphatic heterocycles. The van der Waals surface area contributed by atoms with Gasteiger partial charge >= 0.3 is 0 Å². The number of aromatic amines is 1. The van der Waals surface area contributed by atoms with Crippen molar-refractivity contribution in [1.29, 1.82) is 0 Å². The van der Waals surface area contributed by atoms with Crippen molar-refractivity contribution in [3.8, 4) is 11.3 Å². The quantitative estimate of drug-likeness (QED) is 0.791. The second-order valence-corrected chi connectivity index (χ2v) is 3.33. The fourth-order valence-electron chi connectivity index (χ4n) is 1.55. The van der Waals surface area contributed by atoms with Crippen LogP contribution in [0.25, 0.3) is 11.3 Å². The van der Waals surface area contributed by atoms with E-state index in [1.54, 1.807) is 12.1 Å². The molecule has 0 bridgehead atoms. The van der Waals surface area contributed by atoms with Crippen LogP contribution in [0.15, 0.2) is 24.3 Å². The number of aryl methyl sites for hydroxylation is 1. The summed E-state index contributed by atoms with van der Waals surface area (Å²) in [5.41, 5.74) is 3.62. The zero-order valence-corrected chi connectivity index (χ0v) is 8.63. The summed E-state index contributed by atoms with van der Waals surface area (Å²) in [5, 5.41) is 10.1. The molecule has 0 saturated carbocycles. The summed E-state index contributed by atoms with van der Waals surface area (Å²) in [7, 11) is 1.84. The molecule has 2 aromatic rings. The van der Waals surface area contributed by atoms with Crippen LogP contribution in [0.3, 0.4) is 0 Å². The van der Waals surface area contributed by atoms with Crippen LogP contribution >= 0.6 is 0 Å². The van der Waals surface area contributed by atoms with Gasteiger partial charge in [0.15, 0.2) is 0 Å². The Morgan fingerprint density at radius 1 is 1.27 bits per heavy atom. The minimum atomic E-state index is -0.239. The minimum absolute atomic E-state index is 0.239. The van der Waals surface area contributed by atoms with Gasteiger partial charge in [0, 0.05) is 12.6 Å². The molecule has 0 fully saturated rings. The molecule has 0 spiro atoms. The predicted molar refractivity (Wildman–Crippen MR) is 58.3 cm³/mol. The molecule has 0 amide bonds. The van der Waals surface area contributed by atoms with Gasteiger partial charge in [0.25, 0.3) is 0 Å². The van der Waals surface area contributed by atoms with Gasteiger partial charge in [-0.05, 0) is 31.2 Å². The van der Waals surface area contributed by atoms with Crippen molar-refractivity contribution in [2.45, 2.75) is 6.92 Å². The minimum Gasteiger partial charge on any atom is -0.385 e. The number of hydrogen-bond acceptors (Lipinski definition) is 2. The number of halogens is 1. The Morgan fingerprint density at radius 3 is 2.53 bits per heavy atom. The molecule has 1 aromatic heterocycles. The lowest BCUT2D eigenvalue weighted by Gasteiger charge is -2.02. The summed E-state index contributed by atoms with van der Waals surface area (Å²) in [6.07, 6.45) is 0. The van der Waals surface area contributed by atoms with Gasteiger partial charge in [-0.1, -0.05) is 0 Å². The van der Waals surface area contributed by atoms with Crippen molar-refractivity contribution >= 4 is 5.69 Å². The highest BCUT2D eigenvalue weighted by molar-refractivity contribution is 5.75. The summed E-state index contributed by atoms with van der Waals surface area (Å²) in [6.45, 7) is 1.94. The van der Waals surface area contributed by atoms with Gasteiger partial charge in [-0.25, -0.2) is 4.39 Å². The SMILES string of the molecule is CNc1c(-c2ccc(F)cc2)n[nH]c1C. The van der Waals surface area contributed by atoms with Crippen LogP contribution in [0.2, 0.25) is 0 Å². The van der Waals surface area contributed by atoms with E-state index in [2.05, 4.69) is 15.5 Å². The van der Waals surface area contributed by atoms with E-state index in [1.165, 1.54) is 12.1 Å². The second-order valence-electron chi connectivity index (χ2n) is 3.33. The van der Waals surface area contributed by atoms with E-state index in [-0.39, 0.29) is 5.82 Å². The van der Waals surface area contributed by atoms with Crippen molar-refractivity contribution in [1.82, 2.24) is 10.2 Å². The number of rotatable bonds is 2. The summed E-state index contributed by atoms with van der Waals surface area (Å²) in [5.74, 6) is -0.239. The molecular formula is C11H12FN3. The van der Waals surface area contributed by atoms with Gasteiger partial charge in [0.05, 0.1) is 11.4 Å². The Labute approximate surface area is 87.3 Å². The zero-order valence-electron chi connectivity index (χ0n) is 8.63. The summed E-state index contributed by atoms with van der Waals surface area (Å²) in [4.78, 5) is 0. The van der Waals surface area contributed by atoms with Crippen molar-refractivity contribution in [3.63, 3.8) is 0 Å². The highest BCUT2D eigenvalue weighted by Gasteiger charge is 2.10. The molecule has 1 heterocycles. The van der Waals surface area contributed by atoms with Gasteiger partial charge in [0.2, 0.25) is 0 Å². The molecular weight excluding hydrogens is 193 g/mol. The fraction of sp³-hybridized carbons (Fsp3) is 0.182. The highest BCUT2D eigenvalue weighted by Crippen LogP contribution is 2.27. The van der Waals surface area contributed by atoms with Gasteiger partial charge in [-0.15, -0.1) is 0 Å². The first-order chi connectivity index (χ1) is 7.22. The molecule has 4 heteroatoms. The lowest BCUT2D eigenvalue weighted by molar-refractivity contribution is 0.628. The molecule has 1 aromatic carbocycles. The molecule has 3 nitrogen and oxygen atoms in total. The predicted octanol–water partition coefficient (Wildman–Crippen LogP) is 2.57. The summed E-state index contributed by atoms with van der Waals surface area (Å²) in [6, 6.07) is 6.29. The first-order valence-corrected chi connectivity index (χ1v) is 4.71. The van der Waals surface area contributed by atoms with Gasteiger partial charge in [-0.2, -0.15) is 5.10 Å². The van der Waals surface area contributed by atoms with Crippen LogP contribution < -0.4 is 5.32 Å². The van der Waals surface area contributed by atoms with E-state index >= 15 is 0 Å². The maximum Gasteiger partial charge on any atom is 0.123 e. The molecule has 0 atom stereocenters. The third kappa shape index (κ3) is 1.70. The van der Waals surface area contributed by atoms with Gasteiger partial charge in [0.1, 0.15) is 11.5 Å². The Morgan fingerprint density at radius 2 is 1.93 bits per heavy atom. The number of benzene rings is 1. The second kappa shape index (κ2) is 3.73. The number of H-pyrrole nitrogens is 1. The van der Waals surface area contributed by atoms with E-state index < -0.39 is 0 Å². The first-order valence-electron chi connectivity index (χ1n) is 4.71. The van der Waals surface area contributed by atoms with Gasteiger partial charge < -0.3 is 5.32 Å². The maximum absolute atomic E-state index is 12.7. The van der Waals surface area contributed by atoms with Crippen molar-refractivity contribution < 1.29 is 4.39 Å². The molecule has 0 unspecified atom stereocenters. The van der Waals surface area contributed by atoms with Crippen molar-refractivity contribution in [2.75, 3.05) is 12.4 Å². The Kier molecular flexibility index (Phi) is 2.41. The molecule has 2 N–H and O–H groups in total. The number of nitrogens with one attached hydrogen (secondary N) is 2. The van der Waals surface area contributed by atoms with Crippen LogP contribution in [0.5, 0.6) is 0 Å². The summed E-state index contributed by atoms with van der Waals surface area (Å²) < 4.78 is 12.7. The average molecular weight is 205 g/mol. The molecule has 78 valence electrons. The molecule has 0 aliphatic carbocycles. The molecule has 0 saturated heterocycles. The van der Waals surface area contributed by atoms with Crippen molar-refractivity contribution in [2.24, 2.45) is 0 Å². The monoisotopic (exact) mass is 205 g/mol. The van der Waals surface area contributed by atoms with Crippen LogP contribution in [0.1, 0.15) is 5.69 Å². The average Bonchev–Trinajstić information content (AvgIpc) is 2.61. The van der Waals surface area contributed by atoms with Crippen LogP contribution in [-0.2, 0) is 0 Å². The molecule has 2 rings (SSSR count). The Bertz CT molecular complexity index is 459. The van der Waals surface area contributed by atoms with E-state index in [1.807, 2.05) is 14.0 Å². The van der Waals surface area contributed by atoms with Crippen LogP contribution in [0.4, 0.5) is 10.1 Å². The lowest BCUT2D eigenvalue weighted by Crippen LogP contribution is -1.91. The van der Waals surface area contributed by atoms with Crippen LogP contribution in [0, 0.1) is 12.7 Å². The largest absolute Gasteiger partial charge is 0.385 e. The summed E-state index contributed by atoms with van der Waals surface area (Å²) >= 11 is 0. The van der Waals surface area contributed by atoms with E-state index in [0.29, 0.717) is 0 Å². The van der Waals surface area contributed by atoms with E-state index in [9.17, 15) is 4.39 Å². The smallest absolute Gasteiger partial charge is 0.123 e. The molecule has 0 aliphatic rings. The standard InChI is InChI=1S/C11H12FN3/c1-7-10(13-2)11(15-14-7)8-3-5-9(12)6-4-8/h3-6,13H,1-2H3,(H,14,15). The maximum atomic E-state index is 12.7. The van der Waals surface area contributed by atoms with E-state index in [0.717, 1.165) is 22.6 Å². The van der Waals surface area contributed by atoms with E-state index in [4.69, 9.17) is 0 Å². The third-order valence-corrected chi connectivity index (χ3v) is 2.31. The normalized spacial score (nSPS) is 10.3. The third-order valence-electron chi connectivity index (χ3n) is 2.31. The first kappa shape index (κ1) is 9.71. The topological polar surface area (TPSA) is 40.7 Å². The fourth-order valence-corrected chi connectivity index (χ4v) is 1.55. The zero-order chi connectivity index (χ0) is 10.8.